The molecule has 0 N–H and O–H groups in total. The minimum Gasteiger partial charge on any atom is -0.542 e. The van der Waals surface area contributed by atoms with Crippen LogP contribution in [0.25, 0.3) is 0 Å². The fraction of sp³-hybridized carbons (Fsp3) is 0.129. The number of hydrogen-bond acceptors (Lipinski definition) is 4. The Morgan fingerprint density at radius 2 is 0.589 bits per heavy atom. The zero-order valence-electron chi connectivity index (χ0n) is 40.9. The summed E-state index contributed by atoms with van der Waals surface area (Å²) in [7, 11) is -1.74. The number of rotatable bonds is 16. The van der Waals surface area contributed by atoms with Crippen LogP contribution in [-0.4, -0.2) is 25.0 Å². The van der Waals surface area contributed by atoms with E-state index in [0.717, 1.165) is 23.9 Å². The summed E-state index contributed by atoms with van der Waals surface area (Å²) in [5.41, 5.74) is 0. The van der Waals surface area contributed by atoms with Crippen LogP contribution in [0.4, 0.5) is 0 Å². The van der Waals surface area contributed by atoms with Gasteiger partial charge < -0.3 is 29.2 Å². The van der Waals surface area contributed by atoms with E-state index in [4.69, 9.17) is 33.8 Å². The maximum Gasteiger partial charge on any atom is 1.00 e. The standard InChI is InChI=1S/2C25H22P2.C12H17O2PS2.2Au/c2*1-5-13-22(14-6-1)26(23-15-7-2-8-16-23)21-27(24-17-9-3-10-18-24)25-19-11-4-12-20-25;1-13-10-6-8-12(9-7-10)15(16,17)14-11-4-2-3-5-11;;/h2*1-20H,21H2;6-9,11H,2-5H2,1H3,(H,16,17);;/q;;;;+1/p+3. The van der Waals surface area contributed by atoms with Gasteiger partial charge in [-0.25, -0.2) is 0 Å². The number of benzene rings is 9. The first-order chi connectivity index (χ1) is 34.9. The third-order valence-electron chi connectivity index (χ3n) is 12.7. The average Bonchev–Trinajstić information content (AvgIpc) is 3.96. The molecule has 9 aromatic carbocycles. The topological polar surface area (TPSA) is 18.5 Å². The van der Waals surface area contributed by atoms with Gasteiger partial charge in [0.1, 0.15) is 79.9 Å². The molecule has 379 valence electrons. The third-order valence-corrected chi connectivity index (χ3v) is 29.9. The zero-order valence-corrected chi connectivity index (χ0v) is 51.8. The minimum atomic E-state index is -2.26. The normalized spacial score (nSPS) is 12.2. The van der Waals surface area contributed by atoms with Gasteiger partial charge in [0, 0.05) is 22.4 Å². The second-order valence-corrected chi connectivity index (χ2v) is 34.2. The van der Waals surface area contributed by atoms with Crippen molar-refractivity contribution in [3.63, 3.8) is 0 Å². The van der Waals surface area contributed by atoms with Gasteiger partial charge in [-0.3, -0.25) is 4.52 Å². The number of ether oxygens (including phenoxy) is 1. The van der Waals surface area contributed by atoms with Crippen LogP contribution in [-0.2, 0) is 73.8 Å². The maximum absolute atomic E-state index is 5.96. The van der Waals surface area contributed by atoms with Crippen LogP contribution < -0.4 is 52.5 Å². The first kappa shape index (κ1) is 59.3. The molecule has 0 atom stereocenters. The number of methoxy groups -OCH3 is 1. The van der Waals surface area contributed by atoms with E-state index in [1.807, 2.05) is 24.3 Å². The molecule has 73 heavy (non-hydrogen) atoms. The average molecular weight is 1450 g/mol. The van der Waals surface area contributed by atoms with Gasteiger partial charge in [0.15, 0.2) is 11.8 Å². The SMILES string of the molecule is COc1ccc([P+]([S-])([S-])OC2CCCC2)cc1.[Au+].[Au].c1ccc([PH+](C[PH+](c2ccccc2)c2ccccc2)c2ccccc2)cc1.c1ccc([PH+](C[PH+](c2ccccc2)c2ccccc2)c2ccccc2)cc1. The summed E-state index contributed by atoms with van der Waals surface area (Å²) in [6, 6.07) is 96.6. The molecule has 0 spiro atoms. The van der Waals surface area contributed by atoms with Crippen LogP contribution in [0, 0.1) is 0 Å². The Hall–Kier alpha value is -2.93. The van der Waals surface area contributed by atoms with E-state index in [1.165, 1.54) is 67.1 Å². The molecule has 1 fully saturated rings. The Morgan fingerprint density at radius 1 is 0.370 bits per heavy atom. The summed E-state index contributed by atoms with van der Waals surface area (Å²) in [6.07, 6.45) is 4.95. The molecule has 0 aliphatic heterocycles. The first-order valence-electron chi connectivity index (χ1n) is 24.5. The monoisotopic (exact) mass is 1450 g/mol. The molecule has 0 bridgehead atoms. The fourth-order valence-corrected chi connectivity index (χ4v) is 27.1. The van der Waals surface area contributed by atoms with Crippen LogP contribution in [0.5, 0.6) is 5.75 Å². The van der Waals surface area contributed by atoms with Crippen LogP contribution >= 0.6 is 37.6 Å². The Labute approximate surface area is 482 Å². The van der Waals surface area contributed by atoms with Crippen LogP contribution in [0.1, 0.15) is 25.7 Å². The van der Waals surface area contributed by atoms with Gasteiger partial charge in [-0.1, -0.05) is 164 Å². The van der Waals surface area contributed by atoms with Crippen molar-refractivity contribution in [3.8, 4) is 5.75 Å². The first-order valence-corrected chi connectivity index (χ1v) is 35.0. The van der Waals surface area contributed by atoms with E-state index in [2.05, 4.69) is 243 Å². The molecular formula is C62H64Au2O2P5S2+4. The summed E-state index contributed by atoms with van der Waals surface area (Å²) < 4.78 is 11.1. The Balaban J connectivity index is 0.000000181. The summed E-state index contributed by atoms with van der Waals surface area (Å²) >= 11 is 11.0. The third kappa shape index (κ3) is 18.1. The molecule has 0 amide bonds. The molecular weight excluding hydrogens is 1390 g/mol. The Morgan fingerprint density at radius 3 is 0.795 bits per heavy atom. The van der Waals surface area contributed by atoms with Crippen molar-refractivity contribution in [1.82, 2.24) is 0 Å². The van der Waals surface area contributed by atoms with Gasteiger partial charge in [-0.2, -0.15) is 0 Å². The van der Waals surface area contributed by atoms with E-state index in [-0.39, 0.29) is 50.9 Å². The quantitative estimate of drug-likeness (QED) is 0.0545. The molecule has 1 aliphatic carbocycles. The van der Waals surface area contributed by atoms with Crippen molar-refractivity contribution in [2.24, 2.45) is 0 Å². The molecule has 0 heterocycles. The Kier molecular flexibility index (Phi) is 26.0. The van der Waals surface area contributed by atoms with E-state index in [1.54, 1.807) is 7.11 Å². The largest absolute Gasteiger partial charge is 1.00 e. The van der Waals surface area contributed by atoms with Crippen molar-refractivity contribution < 1.29 is 54.0 Å². The van der Waals surface area contributed by atoms with Gasteiger partial charge in [0.2, 0.25) is 0 Å². The van der Waals surface area contributed by atoms with Crippen molar-refractivity contribution in [3.05, 3.63) is 267 Å². The van der Waals surface area contributed by atoms with E-state index in [0.29, 0.717) is 0 Å². The molecule has 9 aromatic rings. The van der Waals surface area contributed by atoms with Gasteiger partial charge >= 0.3 is 22.4 Å². The molecule has 1 radical (unpaired) electrons. The van der Waals surface area contributed by atoms with Gasteiger partial charge in [-0.05, 0) is 134 Å². The van der Waals surface area contributed by atoms with E-state index in [9.17, 15) is 0 Å². The van der Waals surface area contributed by atoms with Gasteiger partial charge in [-0.15, -0.1) is 0 Å². The van der Waals surface area contributed by atoms with Crippen molar-refractivity contribution >= 4 is 110 Å². The Bertz CT molecular complexity index is 2380. The van der Waals surface area contributed by atoms with Crippen molar-refractivity contribution in [2.75, 3.05) is 18.9 Å². The maximum atomic E-state index is 5.96. The van der Waals surface area contributed by atoms with Crippen molar-refractivity contribution in [1.29, 1.82) is 0 Å². The molecule has 1 saturated carbocycles. The molecule has 0 aromatic heterocycles. The zero-order chi connectivity index (χ0) is 48.9. The van der Waals surface area contributed by atoms with E-state index >= 15 is 0 Å². The molecule has 10 rings (SSSR count). The van der Waals surface area contributed by atoms with E-state index < -0.39 is 37.6 Å². The molecule has 0 unspecified atom stereocenters. The van der Waals surface area contributed by atoms with Gasteiger partial charge in [0.05, 0.1) is 18.5 Å². The van der Waals surface area contributed by atoms with Crippen LogP contribution in [0.2, 0.25) is 0 Å². The smallest absolute Gasteiger partial charge is 0.542 e. The summed E-state index contributed by atoms with van der Waals surface area (Å²) in [5, 5.41) is 13.0. The van der Waals surface area contributed by atoms with Crippen molar-refractivity contribution in [2.45, 2.75) is 31.8 Å². The second-order valence-electron chi connectivity index (χ2n) is 17.4. The summed E-state index contributed by atoms with van der Waals surface area (Å²) in [6.45, 7) is 0. The molecule has 11 heteroatoms. The van der Waals surface area contributed by atoms with Crippen LogP contribution in [0.3, 0.4) is 0 Å². The molecule has 0 saturated heterocycles. The predicted molar refractivity (Wildman–Crippen MR) is 329 cm³/mol. The van der Waals surface area contributed by atoms with Crippen LogP contribution in [0.15, 0.2) is 267 Å². The second kappa shape index (κ2) is 32.0. The minimum absolute atomic E-state index is 0. The number of hydrogen-bond donors (Lipinski definition) is 0. The summed E-state index contributed by atoms with van der Waals surface area (Å²) in [5.74, 6) is 1.05. The van der Waals surface area contributed by atoms with Gasteiger partial charge in [0.25, 0.3) is 0 Å². The summed E-state index contributed by atoms with van der Waals surface area (Å²) in [4.78, 5) is 0. The molecule has 2 nitrogen and oxygen atoms in total. The molecule has 1 aliphatic rings. The predicted octanol–water partition coefficient (Wildman–Crippen LogP) is 12.5. The fourth-order valence-electron chi connectivity index (χ4n) is 8.97.